The van der Waals surface area contributed by atoms with Crippen molar-refractivity contribution >= 4 is 22.1 Å². The third-order valence-corrected chi connectivity index (χ3v) is 2.92. The maximum absolute atomic E-state index is 12.1. The second-order valence-corrected chi connectivity index (χ2v) is 8.98. The zero-order chi connectivity index (χ0) is 19.5. The molecular formula is C14H28N2O7S. The SMILES string of the molecule is CC(C)(C)OC(=O)C(N)C(OS(C)(=O)=O)C(N)C(=O)OC(C)(C)C. The molecule has 0 aromatic rings. The summed E-state index contributed by atoms with van der Waals surface area (Å²) in [5.74, 6) is -1.90. The monoisotopic (exact) mass is 368 g/mol. The molecule has 0 aliphatic carbocycles. The summed E-state index contributed by atoms with van der Waals surface area (Å²) >= 11 is 0. The molecule has 0 rings (SSSR count). The first-order valence-corrected chi connectivity index (χ1v) is 9.10. The molecule has 0 aliphatic heterocycles. The van der Waals surface area contributed by atoms with Gasteiger partial charge in [-0.05, 0) is 41.5 Å². The largest absolute Gasteiger partial charge is 0.459 e. The van der Waals surface area contributed by atoms with E-state index in [2.05, 4.69) is 0 Å². The lowest BCUT2D eigenvalue weighted by Crippen LogP contribution is -2.58. The van der Waals surface area contributed by atoms with E-state index in [1.54, 1.807) is 41.5 Å². The molecule has 0 fully saturated rings. The van der Waals surface area contributed by atoms with Gasteiger partial charge in [-0.2, -0.15) is 8.42 Å². The van der Waals surface area contributed by atoms with Gasteiger partial charge in [-0.3, -0.25) is 13.8 Å². The van der Waals surface area contributed by atoms with Crippen molar-refractivity contribution in [3.63, 3.8) is 0 Å². The molecule has 0 spiro atoms. The highest BCUT2D eigenvalue weighted by molar-refractivity contribution is 7.86. The third kappa shape index (κ3) is 9.16. The topological polar surface area (TPSA) is 148 Å². The Morgan fingerprint density at radius 1 is 0.833 bits per heavy atom. The van der Waals surface area contributed by atoms with Gasteiger partial charge in [0.15, 0.2) is 0 Å². The average molecular weight is 368 g/mol. The molecule has 24 heavy (non-hydrogen) atoms. The Morgan fingerprint density at radius 2 is 1.12 bits per heavy atom. The van der Waals surface area contributed by atoms with Gasteiger partial charge in [-0.15, -0.1) is 0 Å². The first kappa shape index (κ1) is 22.8. The highest BCUT2D eigenvalue weighted by Crippen LogP contribution is 2.16. The van der Waals surface area contributed by atoms with Crippen molar-refractivity contribution in [2.45, 2.75) is 70.9 Å². The number of nitrogens with two attached hydrogens (primary N) is 2. The lowest BCUT2D eigenvalue weighted by molar-refractivity contribution is -0.163. The van der Waals surface area contributed by atoms with Crippen LogP contribution in [-0.4, -0.2) is 56.0 Å². The van der Waals surface area contributed by atoms with E-state index in [9.17, 15) is 18.0 Å². The summed E-state index contributed by atoms with van der Waals surface area (Å²) in [7, 11) is -4.04. The van der Waals surface area contributed by atoms with Crippen molar-refractivity contribution in [2.24, 2.45) is 11.5 Å². The molecule has 0 aliphatic rings. The molecule has 0 saturated carbocycles. The maximum Gasteiger partial charge on any atom is 0.326 e. The van der Waals surface area contributed by atoms with Crippen LogP contribution in [-0.2, 0) is 33.4 Å². The predicted octanol–water partition coefficient (Wildman–Crippen LogP) is -0.331. The molecule has 0 aromatic carbocycles. The summed E-state index contributed by atoms with van der Waals surface area (Å²) in [6.07, 6.45) is -0.909. The van der Waals surface area contributed by atoms with Crippen LogP contribution in [0, 0.1) is 0 Å². The first-order valence-electron chi connectivity index (χ1n) is 7.28. The second kappa shape index (κ2) is 7.77. The molecule has 0 heterocycles. The minimum atomic E-state index is -4.04. The van der Waals surface area contributed by atoms with Crippen LogP contribution in [0.15, 0.2) is 0 Å². The van der Waals surface area contributed by atoms with Crippen LogP contribution >= 0.6 is 0 Å². The van der Waals surface area contributed by atoms with Gasteiger partial charge in [-0.1, -0.05) is 0 Å². The lowest BCUT2D eigenvalue weighted by atomic mass is 10.0. The summed E-state index contributed by atoms with van der Waals surface area (Å²) < 4.78 is 37.8. The molecule has 0 amide bonds. The summed E-state index contributed by atoms with van der Waals surface area (Å²) in [5, 5.41) is 0. The van der Waals surface area contributed by atoms with Crippen LogP contribution in [0.1, 0.15) is 41.5 Å². The molecule has 4 N–H and O–H groups in total. The second-order valence-electron chi connectivity index (χ2n) is 7.38. The van der Waals surface area contributed by atoms with Gasteiger partial charge < -0.3 is 20.9 Å². The number of hydrogen-bond donors (Lipinski definition) is 2. The predicted molar refractivity (Wildman–Crippen MR) is 87.4 cm³/mol. The van der Waals surface area contributed by atoms with Gasteiger partial charge in [0.1, 0.15) is 29.4 Å². The van der Waals surface area contributed by atoms with Crippen LogP contribution in [0.4, 0.5) is 0 Å². The van der Waals surface area contributed by atoms with E-state index in [1.807, 2.05) is 0 Å². The molecule has 0 saturated heterocycles. The van der Waals surface area contributed by atoms with Gasteiger partial charge in [-0.25, -0.2) is 0 Å². The van der Waals surface area contributed by atoms with Crippen LogP contribution in [0.2, 0.25) is 0 Å². The number of ether oxygens (including phenoxy) is 2. The minimum absolute atomic E-state index is 0.754. The molecule has 0 aromatic heterocycles. The molecule has 2 unspecified atom stereocenters. The number of rotatable bonds is 6. The zero-order valence-corrected chi connectivity index (χ0v) is 16.0. The van der Waals surface area contributed by atoms with Crippen LogP contribution < -0.4 is 11.5 Å². The number of carbonyl (C=O) groups is 2. The van der Waals surface area contributed by atoms with Gasteiger partial charge in [0, 0.05) is 0 Å². The number of carbonyl (C=O) groups excluding carboxylic acids is 2. The van der Waals surface area contributed by atoms with E-state index in [0.717, 1.165) is 6.26 Å². The Hall–Kier alpha value is -1.23. The summed E-state index contributed by atoms with van der Waals surface area (Å²) in [4.78, 5) is 24.1. The molecule has 10 heteroatoms. The summed E-state index contributed by atoms with van der Waals surface area (Å²) in [5.41, 5.74) is 9.73. The van der Waals surface area contributed by atoms with Crippen molar-refractivity contribution < 1.29 is 31.7 Å². The van der Waals surface area contributed by atoms with Crippen LogP contribution in [0.25, 0.3) is 0 Å². The van der Waals surface area contributed by atoms with Crippen molar-refractivity contribution in [1.82, 2.24) is 0 Å². The van der Waals surface area contributed by atoms with E-state index in [-0.39, 0.29) is 0 Å². The van der Waals surface area contributed by atoms with Crippen molar-refractivity contribution in [1.29, 1.82) is 0 Å². The molecule has 2 atom stereocenters. The number of hydrogen-bond acceptors (Lipinski definition) is 9. The quantitative estimate of drug-likeness (QED) is 0.475. The molecule has 142 valence electrons. The Balaban J connectivity index is 5.45. The fourth-order valence-corrected chi connectivity index (χ4v) is 2.20. The highest BCUT2D eigenvalue weighted by Gasteiger charge is 2.41. The maximum atomic E-state index is 12.1. The molecule has 9 nitrogen and oxygen atoms in total. The van der Waals surface area contributed by atoms with E-state index >= 15 is 0 Å². The van der Waals surface area contributed by atoms with Gasteiger partial charge >= 0.3 is 11.9 Å². The molecular weight excluding hydrogens is 340 g/mol. The van der Waals surface area contributed by atoms with E-state index in [4.69, 9.17) is 25.1 Å². The normalized spacial score (nSPS) is 16.9. The smallest absolute Gasteiger partial charge is 0.326 e. The van der Waals surface area contributed by atoms with E-state index < -0.39 is 51.4 Å². The third-order valence-electron chi connectivity index (χ3n) is 2.35. The van der Waals surface area contributed by atoms with Crippen molar-refractivity contribution in [3.8, 4) is 0 Å². The Labute approximate surface area is 143 Å². The zero-order valence-electron chi connectivity index (χ0n) is 15.2. The fourth-order valence-electron chi connectivity index (χ4n) is 1.55. The first-order chi connectivity index (χ1) is 10.4. The number of esters is 2. The highest BCUT2D eigenvalue weighted by atomic mass is 32.2. The van der Waals surface area contributed by atoms with Gasteiger partial charge in [0.2, 0.25) is 0 Å². The Morgan fingerprint density at radius 3 is 1.33 bits per heavy atom. The summed E-state index contributed by atoms with van der Waals surface area (Å²) in [6.45, 7) is 9.65. The van der Waals surface area contributed by atoms with Crippen LogP contribution in [0.5, 0.6) is 0 Å². The van der Waals surface area contributed by atoms with Gasteiger partial charge in [0.05, 0.1) is 6.26 Å². The van der Waals surface area contributed by atoms with Gasteiger partial charge in [0.25, 0.3) is 10.1 Å². The Bertz CT molecular complexity index is 527. The van der Waals surface area contributed by atoms with Crippen LogP contribution in [0.3, 0.4) is 0 Å². The molecule has 0 bridgehead atoms. The van der Waals surface area contributed by atoms with Crippen molar-refractivity contribution in [3.05, 3.63) is 0 Å². The standard InChI is InChI=1S/C14H28N2O7S/c1-13(2,3)21-11(17)8(15)10(23-24(7,19)20)9(16)12(18)22-14(4,5)6/h8-10H,15-16H2,1-7H3. The minimum Gasteiger partial charge on any atom is -0.459 e. The lowest BCUT2D eigenvalue weighted by Gasteiger charge is -2.30. The Kier molecular flexibility index (Phi) is 7.37. The van der Waals surface area contributed by atoms with E-state index in [1.165, 1.54) is 0 Å². The fraction of sp³-hybridized carbons (Fsp3) is 0.857. The van der Waals surface area contributed by atoms with Crippen molar-refractivity contribution in [2.75, 3.05) is 6.26 Å². The average Bonchev–Trinajstić information content (AvgIpc) is 2.28. The van der Waals surface area contributed by atoms with E-state index in [0.29, 0.717) is 0 Å². The summed E-state index contributed by atoms with van der Waals surface area (Å²) in [6, 6.07) is -3.19. The molecule has 0 radical (unpaired) electrons.